The predicted octanol–water partition coefficient (Wildman–Crippen LogP) is 3.86. The quantitative estimate of drug-likeness (QED) is 0.842. The number of hydrogen-bond donors (Lipinski definition) is 2. The van der Waals surface area contributed by atoms with Gasteiger partial charge in [-0.1, -0.05) is 35.3 Å². The Morgan fingerprint density at radius 1 is 1.15 bits per heavy atom. The summed E-state index contributed by atoms with van der Waals surface area (Å²) in [6, 6.07) is 7.61. The predicted molar refractivity (Wildman–Crippen MR) is 82.2 cm³/mol. The minimum Gasteiger partial charge on any atom is -0.393 e. The van der Waals surface area contributed by atoms with Gasteiger partial charge in [0, 0.05) is 17.5 Å². The highest BCUT2D eigenvalue weighted by Gasteiger charge is 2.28. The van der Waals surface area contributed by atoms with Crippen LogP contribution in [0.25, 0.3) is 0 Å². The van der Waals surface area contributed by atoms with Gasteiger partial charge < -0.3 is 11.1 Å². The SMILES string of the molecule is Nc1c(Cl)nc(C2CC2)nc1NCc1ccc(Cl)cc1. The molecule has 1 aromatic carbocycles. The number of benzene rings is 1. The van der Waals surface area contributed by atoms with Gasteiger partial charge in [-0.15, -0.1) is 0 Å². The number of nitrogens with one attached hydrogen (secondary N) is 1. The number of halogens is 2. The zero-order valence-electron chi connectivity index (χ0n) is 10.7. The van der Waals surface area contributed by atoms with Crippen LogP contribution in [0.5, 0.6) is 0 Å². The van der Waals surface area contributed by atoms with Crippen LogP contribution in [0.4, 0.5) is 11.5 Å². The van der Waals surface area contributed by atoms with Crippen molar-refractivity contribution in [3.63, 3.8) is 0 Å². The molecule has 1 aromatic heterocycles. The van der Waals surface area contributed by atoms with E-state index in [0.29, 0.717) is 29.1 Å². The molecule has 1 fully saturated rings. The molecule has 0 radical (unpaired) electrons. The number of anilines is 2. The molecule has 0 bridgehead atoms. The van der Waals surface area contributed by atoms with Crippen LogP contribution in [0, 0.1) is 0 Å². The summed E-state index contributed by atoms with van der Waals surface area (Å²) < 4.78 is 0. The van der Waals surface area contributed by atoms with Crippen molar-refractivity contribution >= 4 is 34.7 Å². The van der Waals surface area contributed by atoms with Gasteiger partial charge in [0.2, 0.25) is 0 Å². The summed E-state index contributed by atoms with van der Waals surface area (Å²) >= 11 is 11.9. The van der Waals surface area contributed by atoms with Gasteiger partial charge in [0.15, 0.2) is 11.0 Å². The van der Waals surface area contributed by atoms with Gasteiger partial charge in [-0.05, 0) is 30.5 Å². The van der Waals surface area contributed by atoms with E-state index < -0.39 is 0 Å². The summed E-state index contributed by atoms with van der Waals surface area (Å²) in [5.41, 5.74) is 7.41. The summed E-state index contributed by atoms with van der Waals surface area (Å²) in [6.07, 6.45) is 2.24. The number of rotatable bonds is 4. The van der Waals surface area contributed by atoms with Crippen LogP contribution in [0.15, 0.2) is 24.3 Å². The lowest BCUT2D eigenvalue weighted by atomic mass is 10.2. The molecular formula is C14H14Cl2N4. The van der Waals surface area contributed by atoms with Crippen LogP contribution >= 0.6 is 23.2 Å². The lowest BCUT2D eigenvalue weighted by Crippen LogP contribution is -2.08. The van der Waals surface area contributed by atoms with Gasteiger partial charge in [-0.2, -0.15) is 0 Å². The molecule has 3 rings (SSSR count). The van der Waals surface area contributed by atoms with Gasteiger partial charge in [0.1, 0.15) is 11.5 Å². The van der Waals surface area contributed by atoms with Gasteiger partial charge in [-0.3, -0.25) is 0 Å². The first kappa shape index (κ1) is 13.5. The average molecular weight is 309 g/mol. The van der Waals surface area contributed by atoms with Crippen LogP contribution in [-0.2, 0) is 6.54 Å². The fraction of sp³-hybridized carbons (Fsp3) is 0.286. The lowest BCUT2D eigenvalue weighted by Gasteiger charge is -2.11. The van der Waals surface area contributed by atoms with E-state index in [4.69, 9.17) is 28.9 Å². The van der Waals surface area contributed by atoms with Crippen molar-refractivity contribution in [1.82, 2.24) is 9.97 Å². The Hall–Kier alpha value is -1.52. The fourth-order valence-electron chi connectivity index (χ4n) is 1.91. The number of nitrogens with two attached hydrogens (primary N) is 1. The molecule has 0 amide bonds. The molecule has 4 nitrogen and oxygen atoms in total. The topological polar surface area (TPSA) is 63.8 Å². The van der Waals surface area contributed by atoms with Crippen LogP contribution in [0.3, 0.4) is 0 Å². The van der Waals surface area contributed by atoms with Crippen molar-refractivity contribution in [2.75, 3.05) is 11.1 Å². The summed E-state index contributed by atoms with van der Waals surface area (Å²) in [5, 5.41) is 4.25. The summed E-state index contributed by atoms with van der Waals surface area (Å²) in [5.74, 6) is 1.81. The minimum atomic E-state index is 0.320. The van der Waals surface area contributed by atoms with Gasteiger partial charge >= 0.3 is 0 Å². The van der Waals surface area contributed by atoms with Crippen molar-refractivity contribution in [2.24, 2.45) is 0 Å². The number of hydrogen-bond acceptors (Lipinski definition) is 4. The molecule has 0 aliphatic heterocycles. The summed E-state index contributed by atoms with van der Waals surface area (Å²) in [7, 11) is 0. The Kier molecular flexibility index (Phi) is 3.68. The smallest absolute Gasteiger partial charge is 0.157 e. The Morgan fingerprint density at radius 2 is 1.85 bits per heavy atom. The fourth-order valence-corrected chi connectivity index (χ4v) is 2.21. The Bertz CT molecular complexity index is 624. The zero-order chi connectivity index (χ0) is 14.1. The van der Waals surface area contributed by atoms with Crippen molar-refractivity contribution in [3.05, 3.63) is 45.8 Å². The highest BCUT2D eigenvalue weighted by Crippen LogP contribution is 2.40. The van der Waals surface area contributed by atoms with E-state index in [2.05, 4.69) is 15.3 Å². The molecule has 20 heavy (non-hydrogen) atoms. The van der Waals surface area contributed by atoms with E-state index in [1.54, 1.807) is 0 Å². The first-order valence-electron chi connectivity index (χ1n) is 6.44. The summed E-state index contributed by atoms with van der Waals surface area (Å²) in [6.45, 7) is 0.610. The molecule has 1 aliphatic carbocycles. The molecule has 1 heterocycles. The molecule has 0 saturated heterocycles. The molecular weight excluding hydrogens is 295 g/mol. The Balaban J connectivity index is 1.77. The highest BCUT2D eigenvalue weighted by atomic mass is 35.5. The van der Waals surface area contributed by atoms with E-state index in [-0.39, 0.29) is 0 Å². The van der Waals surface area contributed by atoms with Crippen molar-refractivity contribution in [3.8, 4) is 0 Å². The molecule has 0 unspecified atom stereocenters. The maximum atomic E-state index is 6.06. The van der Waals surface area contributed by atoms with Crippen LogP contribution in [-0.4, -0.2) is 9.97 Å². The third kappa shape index (κ3) is 2.97. The van der Waals surface area contributed by atoms with E-state index in [0.717, 1.165) is 29.3 Å². The molecule has 0 atom stereocenters. The zero-order valence-corrected chi connectivity index (χ0v) is 12.2. The third-order valence-electron chi connectivity index (χ3n) is 3.23. The van der Waals surface area contributed by atoms with Gasteiger partial charge in [-0.25, -0.2) is 9.97 Å². The first-order chi connectivity index (χ1) is 9.63. The standard InChI is InChI=1S/C14H14Cl2N4/c15-10-5-1-8(2-6-10)7-18-14-11(17)12(16)19-13(20-14)9-3-4-9/h1-2,5-6,9H,3-4,7,17H2,(H,18,19,20). The second-order valence-corrected chi connectivity index (χ2v) is 5.68. The largest absolute Gasteiger partial charge is 0.393 e. The summed E-state index contributed by atoms with van der Waals surface area (Å²) in [4.78, 5) is 8.70. The number of aromatic nitrogens is 2. The number of nitrogens with zero attached hydrogens (tertiary/aromatic N) is 2. The van der Waals surface area contributed by atoms with Crippen molar-refractivity contribution in [2.45, 2.75) is 25.3 Å². The second-order valence-electron chi connectivity index (χ2n) is 4.89. The highest BCUT2D eigenvalue weighted by molar-refractivity contribution is 6.32. The van der Waals surface area contributed by atoms with E-state index >= 15 is 0 Å². The molecule has 0 spiro atoms. The normalized spacial score (nSPS) is 14.3. The Labute approximate surface area is 127 Å². The third-order valence-corrected chi connectivity index (χ3v) is 3.77. The van der Waals surface area contributed by atoms with Crippen molar-refractivity contribution in [1.29, 1.82) is 0 Å². The maximum absolute atomic E-state index is 6.06. The number of nitrogen functional groups attached to an aromatic ring is 1. The first-order valence-corrected chi connectivity index (χ1v) is 7.20. The van der Waals surface area contributed by atoms with Crippen LogP contribution in [0.2, 0.25) is 10.2 Å². The van der Waals surface area contributed by atoms with E-state index in [1.807, 2.05) is 24.3 Å². The lowest BCUT2D eigenvalue weighted by molar-refractivity contribution is 0.924. The maximum Gasteiger partial charge on any atom is 0.157 e. The monoisotopic (exact) mass is 308 g/mol. The molecule has 1 aliphatic rings. The van der Waals surface area contributed by atoms with E-state index in [9.17, 15) is 0 Å². The van der Waals surface area contributed by atoms with E-state index in [1.165, 1.54) is 0 Å². The minimum absolute atomic E-state index is 0.320. The molecule has 104 valence electrons. The van der Waals surface area contributed by atoms with Crippen LogP contribution < -0.4 is 11.1 Å². The van der Waals surface area contributed by atoms with Crippen molar-refractivity contribution < 1.29 is 0 Å². The van der Waals surface area contributed by atoms with Gasteiger partial charge in [0.25, 0.3) is 0 Å². The Morgan fingerprint density at radius 3 is 2.50 bits per heavy atom. The molecule has 3 N–H and O–H groups in total. The average Bonchev–Trinajstić information content (AvgIpc) is 3.26. The second kappa shape index (κ2) is 5.46. The molecule has 1 saturated carbocycles. The molecule has 6 heteroatoms. The van der Waals surface area contributed by atoms with Crippen LogP contribution in [0.1, 0.15) is 30.1 Å². The molecule has 2 aromatic rings. The van der Waals surface area contributed by atoms with Gasteiger partial charge in [0.05, 0.1) is 0 Å².